The summed E-state index contributed by atoms with van der Waals surface area (Å²) < 4.78 is 26.2. The van der Waals surface area contributed by atoms with Crippen LogP contribution in [0.4, 0.5) is 9.18 Å². The number of alkyl halides is 2. The van der Waals surface area contributed by atoms with Crippen molar-refractivity contribution in [2.75, 3.05) is 6.67 Å². The van der Waals surface area contributed by atoms with Crippen LogP contribution in [-0.2, 0) is 22.6 Å². The Morgan fingerprint density at radius 3 is 2.34 bits per heavy atom. The third-order valence-electron chi connectivity index (χ3n) is 5.25. The molecule has 2 aromatic rings. The summed E-state index contributed by atoms with van der Waals surface area (Å²) in [5, 5.41) is 0. The standard InChI is InChI=1S/C23H27FINO3/c1-17-20(25)12-13-22(29-17)21(14-24)26(15-18-8-4-2-5-9-18)23(27)28-16-19-10-6-3-7-11-19/h2-11,17,20-22H,12-16H2,1H3. The first-order chi connectivity index (χ1) is 14.1. The van der Waals surface area contributed by atoms with Gasteiger partial charge in [-0.1, -0.05) is 83.3 Å². The summed E-state index contributed by atoms with van der Waals surface area (Å²) in [4.78, 5) is 14.5. The molecule has 2 aromatic carbocycles. The number of amides is 1. The molecule has 0 saturated carbocycles. The summed E-state index contributed by atoms with van der Waals surface area (Å²) >= 11 is 2.37. The Bertz CT molecular complexity index is 761. The zero-order valence-electron chi connectivity index (χ0n) is 16.5. The van der Waals surface area contributed by atoms with Crippen LogP contribution in [0, 0.1) is 0 Å². The summed E-state index contributed by atoms with van der Waals surface area (Å²) in [7, 11) is 0. The Labute approximate surface area is 185 Å². The molecule has 4 unspecified atom stereocenters. The summed E-state index contributed by atoms with van der Waals surface area (Å²) in [5.74, 6) is 0. The summed E-state index contributed by atoms with van der Waals surface area (Å²) in [6.07, 6.45) is 0.842. The fourth-order valence-corrected chi connectivity index (χ4v) is 4.08. The average Bonchev–Trinajstić information content (AvgIpc) is 2.75. The molecule has 3 rings (SSSR count). The van der Waals surface area contributed by atoms with Crippen LogP contribution in [-0.4, -0.2) is 39.8 Å². The predicted octanol–water partition coefficient (Wildman–Crippen LogP) is 5.53. The maximum atomic E-state index is 14.2. The van der Waals surface area contributed by atoms with Gasteiger partial charge < -0.3 is 9.47 Å². The number of benzene rings is 2. The Morgan fingerprint density at radius 2 is 1.76 bits per heavy atom. The average molecular weight is 511 g/mol. The molecule has 1 amide bonds. The molecular formula is C23H27FINO3. The molecule has 1 heterocycles. The van der Waals surface area contributed by atoms with Gasteiger partial charge in [0.05, 0.1) is 18.2 Å². The second kappa shape index (κ2) is 10.9. The van der Waals surface area contributed by atoms with E-state index in [1.165, 1.54) is 4.90 Å². The van der Waals surface area contributed by atoms with E-state index in [1.54, 1.807) is 0 Å². The molecule has 156 valence electrons. The minimum atomic E-state index is -0.676. The first kappa shape index (κ1) is 22.0. The Balaban J connectivity index is 1.76. The second-order valence-corrected chi connectivity index (χ2v) is 8.95. The monoisotopic (exact) mass is 511 g/mol. The van der Waals surface area contributed by atoms with Crippen LogP contribution in [0.15, 0.2) is 60.7 Å². The zero-order valence-corrected chi connectivity index (χ0v) is 18.7. The molecule has 0 spiro atoms. The predicted molar refractivity (Wildman–Crippen MR) is 120 cm³/mol. The highest BCUT2D eigenvalue weighted by Gasteiger charge is 2.37. The van der Waals surface area contributed by atoms with Gasteiger partial charge in [-0.05, 0) is 30.9 Å². The zero-order chi connectivity index (χ0) is 20.6. The molecule has 29 heavy (non-hydrogen) atoms. The molecular weight excluding hydrogens is 484 g/mol. The molecule has 1 aliphatic rings. The number of hydrogen-bond donors (Lipinski definition) is 0. The summed E-state index contributed by atoms with van der Waals surface area (Å²) in [5.41, 5.74) is 1.82. The quantitative estimate of drug-likeness (QED) is 0.362. The van der Waals surface area contributed by atoms with Crippen molar-refractivity contribution >= 4 is 28.7 Å². The Hall–Kier alpha value is -1.67. The van der Waals surface area contributed by atoms with E-state index < -0.39 is 18.8 Å². The number of carbonyl (C=O) groups excluding carboxylic acids is 1. The van der Waals surface area contributed by atoms with Gasteiger partial charge in [0.25, 0.3) is 0 Å². The molecule has 4 atom stereocenters. The lowest BCUT2D eigenvalue weighted by Crippen LogP contribution is -2.52. The van der Waals surface area contributed by atoms with Crippen LogP contribution in [0.25, 0.3) is 0 Å². The van der Waals surface area contributed by atoms with Crippen LogP contribution in [0.2, 0.25) is 0 Å². The van der Waals surface area contributed by atoms with E-state index in [0.29, 0.717) is 3.92 Å². The van der Waals surface area contributed by atoms with Gasteiger partial charge in [-0.25, -0.2) is 9.18 Å². The van der Waals surface area contributed by atoms with Gasteiger partial charge in [0.2, 0.25) is 0 Å². The number of hydrogen-bond acceptors (Lipinski definition) is 3. The molecule has 1 aliphatic heterocycles. The van der Waals surface area contributed by atoms with Crippen LogP contribution in [0.1, 0.15) is 30.9 Å². The highest BCUT2D eigenvalue weighted by atomic mass is 127. The smallest absolute Gasteiger partial charge is 0.410 e. The van der Waals surface area contributed by atoms with Gasteiger partial charge in [0.1, 0.15) is 13.3 Å². The van der Waals surface area contributed by atoms with Gasteiger partial charge in [-0.2, -0.15) is 0 Å². The highest BCUT2D eigenvalue weighted by Crippen LogP contribution is 2.29. The van der Waals surface area contributed by atoms with Crippen molar-refractivity contribution in [2.45, 2.75) is 55.1 Å². The second-order valence-electron chi connectivity index (χ2n) is 7.35. The van der Waals surface area contributed by atoms with Gasteiger partial charge in [-0.3, -0.25) is 4.90 Å². The molecule has 4 nitrogen and oxygen atoms in total. The number of carbonyl (C=O) groups is 1. The third-order valence-corrected chi connectivity index (χ3v) is 6.88. The van der Waals surface area contributed by atoms with Gasteiger partial charge in [0, 0.05) is 10.5 Å². The Morgan fingerprint density at radius 1 is 1.14 bits per heavy atom. The SMILES string of the molecule is CC1OC(C(CF)N(Cc2ccccc2)C(=O)OCc2ccccc2)CCC1I. The van der Waals surface area contributed by atoms with E-state index in [0.717, 1.165) is 24.0 Å². The van der Waals surface area contributed by atoms with E-state index in [2.05, 4.69) is 22.6 Å². The van der Waals surface area contributed by atoms with E-state index in [4.69, 9.17) is 9.47 Å². The fourth-order valence-electron chi connectivity index (χ4n) is 3.55. The lowest BCUT2D eigenvalue weighted by molar-refractivity contribution is -0.0803. The van der Waals surface area contributed by atoms with Crippen molar-refractivity contribution in [1.29, 1.82) is 0 Å². The molecule has 0 N–H and O–H groups in total. The molecule has 0 bridgehead atoms. The Kier molecular flexibility index (Phi) is 8.29. The highest BCUT2D eigenvalue weighted by molar-refractivity contribution is 14.1. The minimum Gasteiger partial charge on any atom is -0.445 e. The van der Waals surface area contributed by atoms with E-state index >= 15 is 0 Å². The van der Waals surface area contributed by atoms with Crippen molar-refractivity contribution in [3.63, 3.8) is 0 Å². The van der Waals surface area contributed by atoms with Crippen molar-refractivity contribution in [2.24, 2.45) is 0 Å². The van der Waals surface area contributed by atoms with E-state index in [1.807, 2.05) is 67.6 Å². The van der Waals surface area contributed by atoms with Crippen LogP contribution in [0.5, 0.6) is 0 Å². The molecule has 0 aromatic heterocycles. The summed E-state index contributed by atoms with van der Waals surface area (Å²) in [6, 6.07) is 18.4. The lowest BCUT2D eigenvalue weighted by atomic mass is 9.98. The maximum Gasteiger partial charge on any atom is 0.410 e. The van der Waals surface area contributed by atoms with Crippen molar-refractivity contribution in [3.8, 4) is 0 Å². The number of nitrogens with zero attached hydrogens (tertiary/aromatic N) is 1. The number of ether oxygens (including phenoxy) is 2. The van der Waals surface area contributed by atoms with E-state index in [9.17, 15) is 9.18 Å². The minimum absolute atomic E-state index is 0.0299. The largest absolute Gasteiger partial charge is 0.445 e. The van der Waals surface area contributed by atoms with Crippen LogP contribution in [0.3, 0.4) is 0 Å². The van der Waals surface area contributed by atoms with Crippen molar-refractivity contribution in [1.82, 2.24) is 4.90 Å². The number of halogens is 2. The topological polar surface area (TPSA) is 38.8 Å². The van der Waals surface area contributed by atoms with Gasteiger partial charge in [-0.15, -0.1) is 0 Å². The maximum absolute atomic E-state index is 14.2. The van der Waals surface area contributed by atoms with E-state index in [-0.39, 0.29) is 25.4 Å². The fraction of sp³-hybridized carbons (Fsp3) is 0.435. The normalized spacial score (nSPS) is 22.7. The molecule has 1 fully saturated rings. The molecule has 0 radical (unpaired) electrons. The van der Waals surface area contributed by atoms with Crippen LogP contribution >= 0.6 is 22.6 Å². The lowest BCUT2D eigenvalue weighted by Gasteiger charge is -2.40. The van der Waals surface area contributed by atoms with Crippen molar-refractivity contribution < 1.29 is 18.7 Å². The molecule has 1 saturated heterocycles. The molecule has 0 aliphatic carbocycles. The van der Waals surface area contributed by atoms with Gasteiger partial charge >= 0.3 is 6.09 Å². The number of rotatable bonds is 7. The molecule has 6 heteroatoms. The first-order valence-corrected chi connectivity index (χ1v) is 11.2. The first-order valence-electron chi connectivity index (χ1n) is 9.95. The summed E-state index contributed by atoms with van der Waals surface area (Å²) in [6.45, 7) is 1.77. The van der Waals surface area contributed by atoms with Crippen LogP contribution < -0.4 is 0 Å². The van der Waals surface area contributed by atoms with Gasteiger partial charge in [0.15, 0.2) is 0 Å². The van der Waals surface area contributed by atoms with Crippen molar-refractivity contribution in [3.05, 3.63) is 71.8 Å². The third kappa shape index (κ3) is 6.15.